The minimum absolute atomic E-state index is 0.0607. The molecule has 1 aliphatic rings. The van der Waals surface area contributed by atoms with Gasteiger partial charge in [-0.3, -0.25) is 9.69 Å². The maximum absolute atomic E-state index is 10.9. The summed E-state index contributed by atoms with van der Waals surface area (Å²) in [5, 5.41) is 0. The van der Waals surface area contributed by atoms with Crippen molar-refractivity contribution in [3.8, 4) is 0 Å². The van der Waals surface area contributed by atoms with Gasteiger partial charge in [-0.1, -0.05) is 24.8 Å². The highest BCUT2D eigenvalue weighted by Crippen LogP contribution is 2.14. The number of carbonyl (C=O) groups excluding carboxylic acids is 1. The summed E-state index contributed by atoms with van der Waals surface area (Å²) < 4.78 is 10.5. The summed E-state index contributed by atoms with van der Waals surface area (Å²) in [5.74, 6) is -0.273. The minimum atomic E-state index is -0.273. The number of hydrogen-bond acceptors (Lipinski definition) is 5. The van der Waals surface area contributed by atoms with Gasteiger partial charge < -0.3 is 15.2 Å². The smallest absolute Gasteiger partial charge is 0.302 e. The van der Waals surface area contributed by atoms with E-state index in [1.165, 1.54) is 6.92 Å². The van der Waals surface area contributed by atoms with Gasteiger partial charge in [0, 0.05) is 25.7 Å². The van der Waals surface area contributed by atoms with E-state index in [9.17, 15) is 4.79 Å². The van der Waals surface area contributed by atoms with Crippen molar-refractivity contribution in [2.24, 2.45) is 5.73 Å². The van der Waals surface area contributed by atoms with Crippen molar-refractivity contribution in [1.29, 1.82) is 0 Å². The van der Waals surface area contributed by atoms with Gasteiger partial charge in [-0.2, -0.15) is 0 Å². The summed E-state index contributed by atoms with van der Waals surface area (Å²) >= 11 is 0. The van der Waals surface area contributed by atoms with Crippen molar-refractivity contribution in [3.63, 3.8) is 0 Å². The van der Waals surface area contributed by atoms with Gasteiger partial charge in [0.25, 0.3) is 0 Å². The van der Waals surface area contributed by atoms with Crippen LogP contribution in [0.25, 0.3) is 0 Å². The topological polar surface area (TPSA) is 64.8 Å². The molecule has 1 rings (SSSR count). The standard InChI is InChI=1S/C15H24N2O3/c1-4-6-13(15(16)5-2)9-17-7-8-19-10-14(17)11-20-12(3)18/h4-6,14H,1,7-11,16H2,2-3H3/b13-6-,15-5+. The molecule has 1 aliphatic heterocycles. The first-order valence-corrected chi connectivity index (χ1v) is 6.77. The van der Waals surface area contributed by atoms with Gasteiger partial charge in [0.05, 0.1) is 19.3 Å². The van der Waals surface area contributed by atoms with Crippen LogP contribution >= 0.6 is 0 Å². The first kappa shape index (κ1) is 16.5. The third-order valence-electron chi connectivity index (χ3n) is 3.20. The lowest BCUT2D eigenvalue weighted by molar-refractivity contribution is -0.144. The largest absolute Gasteiger partial charge is 0.464 e. The minimum Gasteiger partial charge on any atom is -0.464 e. The van der Waals surface area contributed by atoms with Gasteiger partial charge >= 0.3 is 5.97 Å². The Kier molecular flexibility index (Phi) is 7.04. The number of allylic oxidation sites excluding steroid dienone is 3. The van der Waals surface area contributed by atoms with E-state index in [1.807, 2.05) is 19.1 Å². The Hall–Kier alpha value is -1.59. The van der Waals surface area contributed by atoms with E-state index in [0.717, 1.165) is 17.8 Å². The Morgan fingerprint density at radius 1 is 1.60 bits per heavy atom. The number of morpholine rings is 1. The van der Waals surface area contributed by atoms with Crippen LogP contribution in [0.15, 0.2) is 36.1 Å². The molecule has 1 unspecified atom stereocenters. The first-order valence-electron chi connectivity index (χ1n) is 6.77. The molecule has 0 bridgehead atoms. The molecule has 0 spiro atoms. The molecule has 0 aliphatic carbocycles. The van der Waals surface area contributed by atoms with Crippen molar-refractivity contribution >= 4 is 5.97 Å². The van der Waals surface area contributed by atoms with Gasteiger partial charge in [0.15, 0.2) is 0 Å². The predicted molar refractivity (Wildman–Crippen MR) is 79.0 cm³/mol. The highest BCUT2D eigenvalue weighted by atomic mass is 16.5. The van der Waals surface area contributed by atoms with Gasteiger partial charge in [-0.15, -0.1) is 0 Å². The number of hydrogen-bond donors (Lipinski definition) is 1. The molecule has 112 valence electrons. The average molecular weight is 280 g/mol. The van der Waals surface area contributed by atoms with Gasteiger partial charge in [0.2, 0.25) is 0 Å². The molecule has 5 nitrogen and oxygen atoms in total. The van der Waals surface area contributed by atoms with Gasteiger partial charge in [-0.05, 0) is 12.5 Å². The number of ether oxygens (including phenoxy) is 2. The normalized spacial score (nSPS) is 21.6. The van der Waals surface area contributed by atoms with Crippen LogP contribution in [0.5, 0.6) is 0 Å². The van der Waals surface area contributed by atoms with Crippen LogP contribution in [0.1, 0.15) is 13.8 Å². The molecule has 0 amide bonds. The van der Waals surface area contributed by atoms with Crippen molar-refractivity contribution < 1.29 is 14.3 Å². The highest BCUT2D eigenvalue weighted by Gasteiger charge is 2.24. The lowest BCUT2D eigenvalue weighted by atomic mass is 10.1. The molecule has 1 atom stereocenters. The van der Waals surface area contributed by atoms with E-state index in [2.05, 4.69) is 11.5 Å². The zero-order chi connectivity index (χ0) is 15.0. The molecular weight excluding hydrogens is 256 g/mol. The molecule has 0 aromatic rings. The molecule has 0 aromatic heterocycles. The Balaban J connectivity index is 2.71. The van der Waals surface area contributed by atoms with Gasteiger partial charge in [0.1, 0.15) is 6.61 Å². The van der Waals surface area contributed by atoms with E-state index in [0.29, 0.717) is 26.4 Å². The maximum atomic E-state index is 10.9. The van der Waals surface area contributed by atoms with Crippen molar-refractivity contribution in [1.82, 2.24) is 4.90 Å². The van der Waals surface area contributed by atoms with Crippen molar-refractivity contribution in [2.75, 3.05) is 32.9 Å². The summed E-state index contributed by atoms with van der Waals surface area (Å²) in [4.78, 5) is 13.2. The van der Waals surface area contributed by atoms with Crippen LogP contribution in [0.2, 0.25) is 0 Å². The second-order valence-corrected chi connectivity index (χ2v) is 4.67. The molecule has 2 N–H and O–H groups in total. The molecule has 0 saturated carbocycles. The first-order chi connectivity index (χ1) is 9.58. The van der Waals surface area contributed by atoms with Crippen LogP contribution in [0, 0.1) is 0 Å². The van der Waals surface area contributed by atoms with E-state index >= 15 is 0 Å². The molecule has 1 heterocycles. The molecule has 1 fully saturated rings. The second kappa shape index (κ2) is 8.55. The number of esters is 1. The summed E-state index contributed by atoms with van der Waals surface area (Å²) in [6.07, 6.45) is 5.51. The fraction of sp³-hybridized carbons (Fsp3) is 0.533. The maximum Gasteiger partial charge on any atom is 0.302 e. The van der Waals surface area contributed by atoms with Crippen molar-refractivity contribution in [2.45, 2.75) is 19.9 Å². The van der Waals surface area contributed by atoms with Crippen LogP contribution in [0.4, 0.5) is 0 Å². The lowest BCUT2D eigenvalue weighted by Gasteiger charge is -2.35. The third-order valence-corrected chi connectivity index (χ3v) is 3.20. The number of carbonyl (C=O) groups is 1. The van der Waals surface area contributed by atoms with E-state index in [4.69, 9.17) is 15.2 Å². The summed E-state index contributed by atoms with van der Waals surface area (Å²) in [5.41, 5.74) is 7.74. The zero-order valence-corrected chi connectivity index (χ0v) is 12.3. The molecule has 0 radical (unpaired) electrons. The number of nitrogens with two attached hydrogens (primary N) is 1. The van der Waals surface area contributed by atoms with E-state index in [1.54, 1.807) is 6.08 Å². The molecule has 5 heteroatoms. The Morgan fingerprint density at radius 2 is 2.35 bits per heavy atom. The Morgan fingerprint density at radius 3 is 2.95 bits per heavy atom. The predicted octanol–water partition coefficient (Wildman–Crippen LogP) is 1.23. The number of rotatable bonds is 6. The van der Waals surface area contributed by atoms with Crippen molar-refractivity contribution in [3.05, 3.63) is 36.1 Å². The summed E-state index contributed by atoms with van der Waals surface area (Å²) in [6, 6.07) is 0.0607. The molecule has 0 aromatic carbocycles. The second-order valence-electron chi connectivity index (χ2n) is 4.67. The zero-order valence-electron chi connectivity index (χ0n) is 12.3. The molecule has 1 saturated heterocycles. The van der Waals surface area contributed by atoms with Crippen LogP contribution in [-0.4, -0.2) is 49.8 Å². The third kappa shape index (κ3) is 5.19. The van der Waals surface area contributed by atoms with Crippen LogP contribution in [-0.2, 0) is 14.3 Å². The molecular formula is C15H24N2O3. The van der Waals surface area contributed by atoms with Crippen LogP contribution in [0.3, 0.4) is 0 Å². The van der Waals surface area contributed by atoms with E-state index < -0.39 is 0 Å². The lowest BCUT2D eigenvalue weighted by Crippen LogP contribution is -2.49. The monoisotopic (exact) mass is 280 g/mol. The average Bonchev–Trinajstić information content (AvgIpc) is 2.44. The SMILES string of the molecule is C=C/C=C(CN1CCOCC1COC(C)=O)\C(N)=C/C. The Labute approximate surface area is 120 Å². The van der Waals surface area contributed by atoms with Crippen LogP contribution < -0.4 is 5.73 Å². The summed E-state index contributed by atoms with van der Waals surface area (Å²) in [7, 11) is 0. The fourth-order valence-corrected chi connectivity index (χ4v) is 2.05. The fourth-order valence-electron chi connectivity index (χ4n) is 2.05. The Bertz CT molecular complexity index is 402. The van der Waals surface area contributed by atoms with E-state index in [-0.39, 0.29) is 12.0 Å². The molecule has 20 heavy (non-hydrogen) atoms. The number of nitrogens with zero attached hydrogens (tertiary/aromatic N) is 1. The highest BCUT2D eigenvalue weighted by molar-refractivity contribution is 5.65. The summed E-state index contributed by atoms with van der Waals surface area (Å²) in [6.45, 7) is 10.1. The van der Waals surface area contributed by atoms with Gasteiger partial charge in [-0.25, -0.2) is 0 Å². The quantitative estimate of drug-likeness (QED) is 0.585.